The fourth-order valence-electron chi connectivity index (χ4n) is 3.59. The molecule has 2 heterocycles. The summed E-state index contributed by atoms with van der Waals surface area (Å²) in [7, 11) is 0. The van der Waals surface area contributed by atoms with Crippen LogP contribution in [0.25, 0.3) is 0 Å². The van der Waals surface area contributed by atoms with Gasteiger partial charge >= 0.3 is 0 Å². The molecule has 2 aliphatic heterocycles. The van der Waals surface area contributed by atoms with Crippen LogP contribution in [-0.2, 0) is 4.74 Å². The van der Waals surface area contributed by atoms with Crippen molar-refractivity contribution in [2.75, 3.05) is 39.4 Å². The Morgan fingerprint density at radius 2 is 1.89 bits per heavy atom. The van der Waals surface area contributed by atoms with Crippen LogP contribution in [0.4, 0.5) is 0 Å². The summed E-state index contributed by atoms with van der Waals surface area (Å²) in [4.78, 5) is 2.73. The van der Waals surface area contributed by atoms with Gasteiger partial charge in [-0.05, 0) is 64.5 Å². The van der Waals surface area contributed by atoms with Gasteiger partial charge in [0.1, 0.15) is 0 Å². The summed E-state index contributed by atoms with van der Waals surface area (Å²) in [5, 5.41) is 3.66. The van der Waals surface area contributed by atoms with Crippen LogP contribution in [0.3, 0.4) is 0 Å². The lowest BCUT2D eigenvalue weighted by molar-refractivity contribution is -0.0145. The minimum absolute atomic E-state index is 0.399. The molecule has 0 aliphatic carbocycles. The van der Waals surface area contributed by atoms with Crippen LogP contribution in [0.2, 0.25) is 0 Å². The highest BCUT2D eigenvalue weighted by molar-refractivity contribution is 4.94. The Morgan fingerprint density at radius 3 is 2.47 bits per heavy atom. The molecule has 0 amide bonds. The Morgan fingerprint density at radius 1 is 1.16 bits per heavy atom. The van der Waals surface area contributed by atoms with E-state index in [2.05, 4.69) is 31.0 Å². The van der Waals surface area contributed by atoms with Crippen molar-refractivity contribution < 1.29 is 4.74 Å². The van der Waals surface area contributed by atoms with Crippen molar-refractivity contribution >= 4 is 0 Å². The number of rotatable bonds is 6. The van der Waals surface area contributed by atoms with Crippen LogP contribution < -0.4 is 5.32 Å². The van der Waals surface area contributed by atoms with Gasteiger partial charge < -0.3 is 10.1 Å². The smallest absolute Gasteiger partial charge is 0.0472 e. The van der Waals surface area contributed by atoms with Gasteiger partial charge in [-0.1, -0.05) is 6.92 Å². The molecule has 0 atom stereocenters. The predicted molar refractivity (Wildman–Crippen MR) is 80.5 cm³/mol. The molecule has 112 valence electrons. The first-order valence-electron chi connectivity index (χ1n) is 8.12. The van der Waals surface area contributed by atoms with Crippen molar-refractivity contribution in [1.82, 2.24) is 10.2 Å². The van der Waals surface area contributed by atoms with E-state index in [9.17, 15) is 0 Å². The summed E-state index contributed by atoms with van der Waals surface area (Å²) < 4.78 is 5.60. The molecule has 0 unspecified atom stereocenters. The molecule has 0 bridgehead atoms. The van der Waals surface area contributed by atoms with Gasteiger partial charge in [0.2, 0.25) is 0 Å². The van der Waals surface area contributed by atoms with Crippen molar-refractivity contribution in [2.45, 2.75) is 58.4 Å². The van der Waals surface area contributed by atoms with Crippen LogP contribution in [0.1, 0.15) is 52.9 Å². The van der Waals surface area contributed by atoms with Crippen molar-refractivity contribution in [1.29, 1.82) is 0 Å². The average molecular weight is 268 g/mol. The molecule has 2 rings (SSSR count). The van der Waals surface area contributed by atoms with Crippen molar-refractivity contribution in [3.63, 3.8) is 0 Å². The van der Waals surface area contributed by atoms with E-state index in [0.717, 1.165) is 26.3 Å². The lowest BCUT2D eigenvalue weighted by Crippen LogP contribution is -2.51. The largest absolute Gasteiger partial charge is 0.381 e. The molecule has 0 aromatic carbocycles. The van der Waals surface area contributed by atoms with Crippen LogP contribution in [0.5, 0.6) is 0 Å². The molecule has 19 heavy (non-hydrogen) atoms. The second kappa shape index (κ2) is 6.55. The molecule has 0 saturated carbocycles. The third-order valence-electron chi connectivity index (χ3n) is 5.08. The lowest BCUT2D eigenvalue weighted by Gasteiger charge is -2.44. The number of ether oxygens (including phenoxy) is 1. The number of nitrogens with zero attached hydrogens (tertiary/aromatic N) is 1. The summed E-state index contributed by atoms with van der Waals surface area (Å²) in [5.41, 5.74) is 0.838. The van der Waals surface area contributed by atoms with Crippen LogP contribution >= 0.6 is 0 Å². The highest BCUT2D eigenvalue weighted by atomic mass is 16.5. The van der Waals surface area contributed by atoms with Gasteiger partial charge in [0.05, 0.1) is 0 Å². The first-order chi connectivity index (χ1) is 9.08. The lowest BCUT2D eigenvalue weighted by atomic mass is 9.78. The molecule has 3 heteroatoms. The summed E-state index contributed by atoms with van der Waals surface area (Å²) in [6.07, 6.45) is 6.37. The minimum Gasteiger partial charge on any atom is -0.381 e. The first-order valence-corrected chi connectivity index (χ1v) is 8.12. The second-order valence-corrected chi connectivity index (χ2v) is 7.13. The normalized spacial score (nSPS) is 26.7. The second-order valence-electron chi connectivity index (χ2n) is 7.13. The average Bonchev–Trinajstić information content (AvgIpc) is 2.70. The molecule has 2 aliphatic rings. The van der Waals surface area contributed by atoms with Crippen molar-refractivity contribution in [3.8, 4) is 0 Å². The Labute approximate surface area is 119 Å². The molecular formula is C16H32N2O. The standard InChI is InChI=1S/C16H32N2O/c1-4-9-17-13-16(7-11-19-12-8-16)14-18-10-5-6-15(18,2)3/h17H,4-14H2,1-3H3. The maximum Gasteiger partial charge on any atom is 0.0472 e. The molecule has 1 N–H and O–H groups in total. The number of nitrogens with one attached hydrogen (secondary N) is 1. The van der Waals surface area contributed by atoms with Gasteiger partial charge in [-0.3, -0.25) is 4.90 Å². The molecule has 0 radical (unpaired) electrons. The summed E-state index contributed by atoms with van der Waals surface area (Å²) in [5.74, 6) is 0. The van der Waals surface area contributed by atoms with Gasteiger partial charge in [0, 0.05) is 31.8 Å². The summed E-state index contributed by atoms with van der Waals surface area (Å²) >= 11 is 0. The number of hydrogen-bond acceptors (Lipinski definition) is 3. The first kappa shape index (κ1) is 15.3. The highest BCUT2D eigenvalue weighted by Crippen LogP contribution is 2.36. The Hall–Kier alpha value is -0.120. The van der Waals surface area contributed by atoms with Gasteiger partial charge in [0.15, 0.2) is 0 Å². The van der Waals surface area contributed by atoms with Crippen LogP contribution in [0, 0.1) is 5.41 Å². The molecule has 0 aromatic heterocycles. The topological polar surface area (TPSA) is 24.5 Å². The third kappa shape index (κ3) is 3.93. The summed E-state index contributed by atoms with van der Waals surface area (Å²) in [6, 6.07) is 0. The fourth-order valence-corrected chi connectivity index (χ4v) is 3.59. The van der Waals surface area contributed by atoms with Gasteiger partial charge in [0.25, 0.3) is 0 Å². The zero-order valence-corrected chi connectivity index (χ0v) is 13.1. The van der Waals surface area contributed by atoms with Gasteiger partial charge in [-0.15, -0.1) is 0 Å². The van der Waals surface area contributed by atoms with E-state index in [1.165, 1.54) is 45.2 Å². The summed E-state index contributed by atoms with van der Waals surface area (Å²) in [6.45, 7) is 13.8. The van der Waals surface area contributed by atoms with E-state index in [4.69, 9.17) is 4.74 Å². The van der Waals surface area contributed by atoms with Gasteiger partial charge in [-0.25, -0.2) is 0 Å². The maximum atomic E-state index is 5.60. The van der Waals surface area contributed by atoms with Crippen LogP contribution in [0.15, 0.2) is 0 Å². The molecule has 2 saturated heterocycles. The number of likely N-dealkylation sites (tertiary alicyclic amines) is 1. The van der Waals surface area contributed by atoms with E-state index in [1.54, 1.807) is 0 Å². The monoisotopic (exact) mass is 268 g/mol. The molecule has 3 nitrogen and oxygen atoms in total. The van der Waals surface area contributed by atoms with Gasteiger partial charge in [-0.2, -0.15) is 0 Å². The molecule has 2 fully saturated rings. The zero-order valence-electron chi connectivity index (χ0n) is 13.1. The Bertz CT molecular complexity index is 272. The van der Waals surface area contributed by atoms with E-state index in [1.807, 2.05) is 0 Å². The third-order valence-corrected chi connectivity index (χ3v) is 5.08. The maximum absolute atomic E-state index is 5.60. The minimum atomic E-state index is 0.399. The van der Waals surface area contributed by atoms with Crippen molar-refractivity contribution in [2.24, 2.45) is 5.41 Å². The molecular weight excluding hydrogens is 236 g/mol. The molecule has 0 aromatic rings. The Balaban J connectivity index is 1.96. The van der Waals surface area contributed by atoms with E-state index >= 15 is 0 Å². The quantitative estimate of drug-likeness (QED) is 0.750. The van der Waals surface area contributed by atoms with Crippen molar-refractivity contribution in [3.05, 3.63) is 0 Å². The fraction of sp³-hybridized carbons (Fsp3) is 1.00. The highest BCUT2D eigenvalue weighted by Gasteiger charge is 2.40. The van der Waals surface area contributed by atoms with E-state index < -0.39 is 0 Å². The van der Waals surface area contributed by atoms with E-state index in [0.29, 0.717) is 11.0 Å². The zero-order chi connectivity index (χ0) is 13.8. The van der Waals surface area contributed by atoms with Crippen LogP contribution in [-0.4, -0.2) is 49.8 Å². The Kier molecular flexibility index (Phi) is 5.27. The number of hydrogen-bond donors (Lipinski definition) is 1. The SMILES string of the molecule is CCCNCC1(CN2CCCC2(C)C)CCOCC1. The predicted octanol–water partition coefficient (Wildman–Crippen LogP) is 2.66. The molecule has 0 spiro atoms. The van der Waals surface area contributed by atoms with E-state index in [-0.39, 0.29) is 0 Å².